The molecule has 0 bridgehead atoms. The molecule has 4 heterocycles. The van der Waals surface area contributed by atoms with Crippen LogP contribution in [-0.4, -0.2) is 56.7 Å². The molecule has 42 heavy (non-hydrogen) atoms. The van der Waals surface area contributed by atoms with Gasteiger partial charge in [0.15, 0.2) is 5.65 Å². The molecule has 1 atom stereocenters. The minimum atomic E-state index is -0.201. The molecule has 0 saturated carbocycles. The number of pyridine rings is 1. The van der Waals surface area contributed by atoms with Gasteiger partial charge in [0.25, 0.3) is 0 Å². The lowest BCUT2D eigenvalue weighted by Crippen LogP contribution is -2.39. The summed E-state index contributed by atoms with van der Waals surface area (Å²) in [6.45, 7) is 5.52. The number of benzene rings is 2. The predicted octanol–water partition coefficient (Wildman–Crippen LogP) is 5.74. The first kappa shape index (κ1) is 28.0. The van der Waals surface area contributed by atoms with Gasteiger partial charge in [-0.05, 0) is 80.5 Å². The number of piperidine rings is 1. The fraction of sp³-hybridized carbons (Fsp3) is 0.382. The number of aromatic amines is 1. The number of imidazole rings is 1. The molecule has 1 unspecified atom stereocenters. The standard InChI is InChI=1S/C34H39N5O3/c1-24-28-11-3-4-12-29(28)38(21-8-22-42-2)32(24)26-10-7-20-37(23-26)31(40)14-5-9-25-15-17-27(18-16-25)39-30-13-6-19-35-33(30)36-34(39)41/h3-4,6,11-13,15-19,26H,5,7-10,14,20-23H2,1-2H3,(H,35,36,41). The molecule has 8 nitrogen and oxygen atoms in total. The number of amides is 1. The first-order valence-corrected chi connectivity index (χ1v) is 15.0. The Morgan fingerprint density at radius 3 is 2.69 bits per heavy atom. The third-order valence-corrected chi connectivity index (χ3v) is 8.67. The Balaban J connectivity index is 1.09. The molecule has 0 radical (unpaired) electrons. The van der Waals surface area contributed by atoms with Crippen molar-refractivity contribution in [1.29, 1.82) is 0 Å². The lowest BCUT2D eigenvalue weighted by Gasteiger charge is -2.34. The van der Waals surface area contributed by atoms with Crippen molar-refractivity contribution in [2.24, 2.45) is 0 Å². The quantitative estimate of drug-likeness (QED) is 0.219. The number of hydrogen-bond donors (Lipinski definition) is 1. The van der Waals surface area contributed by atoms with Gasteiger partial charge in [-0.2, -0.15) is 0 Å². The lowest BCUT2D eigenvalue weighted by molar-refractivity contribution is -0.132. The van der Waals surface area contributed by atoms with Gasteiger partial charge in [-0.1, -0.05) is 30.3 Å². The number of hydrogen-bond acceptors (Lipinski definition) is 4. The van der Waals surface area contributed by atoms with Crippen LogP contribution >= 0.6 is 0 Å². The van der Waals surface area contributed by atoms with Crippen molar-refractivity contribution in [1.82, 2.24) is 24.0 Å². The second kappa shape index (κ2) is 12.4. The molecule has 1 saturated heterocycles. The van der Waals surface area contributed by atoms with Crippen LogP contribution in [0.1, 0.15) is 54.8 Å². The van der Waals surface area contributed by atoms with Gasteiger partial charge in [0.05, 0.1) is 11.2 Å². The number of fused-ring (bicyclic) bond motifs is 2. The first-order valence-electron chi connectivity index (χ1n) is 15.0. The van der Waals surface area contributed by atoms with Gasteiger partial charge in [0, 0.05) is 68.5 Å². The van der Waals surface area contributed by atoms with Gasteiger partial charge in [-0.25, -0.2) is 9.78 Å². The van der Waals surface area contributed by atoms with E-state index in [1.54, 1.807) is 17.9 Å². The van der Waals surface area contributed by atoms with Crippen LogP contribution in [0.15, 0.2) is 71.7 Å². The average Bonchev–Trinajstić information content (AvgIpc) is 3.50. The Bertz CT molecular complexity index is 1750. The molecule has 0 spiro atoms. The number of methoxy groups -OCH3 is 1. The summed E-state index contributed by atoms with van der Waals surface area (Å²) in [5, 5.41) is 1.31. The molecule has 1 aliphatic rings. The minimum Gasteiger partial charge on any atom is -0.385 e. The molecule has 5 aromatic rings. The summed E-state index contributed by atoms with van der Waals surface area (Å²) in [7, 11) is 1.76. The third-order valence-electron chi connectivity index (χ3n) is 8.67. The van der Waals surface area contributed by atoms with Gasteiger partial charge < -0.3 is 14.2 Å². The highest BCUT2D eigenvalue weighted by Gasteiger charge is 2.29. The number of para-hydroxylation sites is 1. The molecule has 1 amide bonds. The average molecular weight is 566 g/mol. The van der Waals surface area contributed by atoms with E-state index in [0.717, 1.165) is 75.1 Å². The predicted molar refractivity (Wildman–Crippen MR) is 166 cm³/mol. The lowest BCUT2D eigenvalue weighted by atomic mass is 9.91. The van der Waals surface area contributed by atoms with Crippen LogP contribution in [0, 0.1) is 6.92 Å². The van der Waals surface area contributed by atoms with Gasteiger partial charge in [0.1, 0.15) is 0 Å². The van der Waals surface area contributed by atoms with Crippen molar-refractivity contribution in [3.63, 3.8) is 0 Å². The number of ether oxygens (including phenoxy) is 1. The summed E-state index contributed by atoms with van der Waals surface area (Å²) in [6.07, 6.45) is 6.92. The number of likely N-dealkylation sites (tertiary alicyclic amines) is 1. The fourth-order valence-electron chi connectivity index (χ4n) is 6.67. The molecule has 1 fully saturated rings. The molecular formula is C34H39N5O3. The Labute approximate surface area is 245 Å². The van der Waals surface area contributed by atoms with E-state index in [4.69, 9.17) is 4.74 Å². The van der Waals surface area contributed by atoms with Crippen LogP contribution in [0.5, 0.6) is 0 Å². The molecule has 1 N–H and O–H groups in total. The maximum atomic E-state index is 13.3. The SMILES string of the molecule is COCCCn1c(C2CCCN(C(=O)CCCc3ccc(-n4c(=O)[nH]c5ncccc54)cc3)C2)c(C)c2ccccc21. The number of aryl methyl sites for hydroxylation is 3. The smallest absolute Gasteiger partial charge is 0.332 e. The third kappa shape index (κ3) is 5.51. The highest BCUT2D eigenvalue weighted by molar-refractivity contribution is 5.85. The monoisotopic (exact) mass is 565 g/mol. The number of nitrogens with one attached hydrogen (secondary N) is 1. The van der Waals surface area contributed by atoms with Crippen LogP contribution in [0.4, 0.5) is 0 Å². The van der Waals surface area contributed by atoms with E-state index < -0.39 is 0 Å². The van der Waals surface area contributed by atoms with Crippen LogP contribution in [-0.2, 0) is 22.5 Å². The van der Waals surface area contributed by atoms with Crippen molar-refractivity contribution >= 4 is 28.0 Å². The van der Waals surface area contributed by atoms with E-state index in [9.17, 15) is 9.59 Å². The highest BCUT2D eigenvalue weighted by atomic mass is 16.5. The van der Waals surface area contributed by atoms with E-state index >= 15 is 0 Å². The van der Waals surface area contributed by atoms with Crippen LogP contribution in [0.25, 0.3) is 27.8 Å². The van der Waals surface area contributed by atoms with Gasteiger partial charge >= 0.3 is 5.69 Å². The summed E-state index contributed by atoms with van der Waals surface area (Å²) in [5.41, 5.74) is 7.10. The van der Waals surface area contributed by atoms with E-state index in [2.05, 4.69) is 50.6 Å². The van der Waals surface area contributed by atoms with E-state index in [-0.39, 0.29) is 11.6 Å². The molecule has 218 valence electrons. The zero-order valence-electron chi connectivity index (χ0n) is 24.5. The summed E-state index contributed by atoms with van der Waals surface area (Å²) in [4.78, 5) is 35.0. The van der Waals surface area contributed by atoms with Gasteiger partial charge in [-0.15, -0.1) is 0 Å². The Morgan fingerprint density at radius 1 is 1.05 bits per heavy atom. The Hall–Kier alpha value is -4.17. The second-order valence-electron chi connectivity index (χ2n) is 11.4. The van der Waals surface area contributed by atoms with Gasteiger partial charge in [-0.3, -0.25) is 14.3 Å². The van der Waals surface area contributed by atoms with Gasteiger partial charge in [0.2, 0.25) is 5.91 Å². The number of aromatic nitrogens is 4. The maximum Gasteiger partial charge on any atom is 0.332 e. The van der Waals surface area contributed by atoms with Crippen molar-refractivity contribution < 1.29 is 9.53 Å². The number of rotatable bonds is 10. The summed E-state index contributed by atoms with van der Waals surface area (Å²) in [5.74, 6) is 0.585. The molecule has 0 aliphatic carbocycles. The molecule has 1 aliphatic heterocycles. The van der Waals surface area contributed by atoms with Crippen molar-refractivity contribution in [3.8, 4) is 5.69 Å². The Morgan fingerprint density at radius 2 is 1.86 bits per heavy atom. The Kier molecular flexibility index (Phi) is 8.24. The fourth-order valence-corrected chi connectivity index (χ4v) is 6.67. The maximum absolute atomic E-state index is 13.3. The van der Waals surface area contributed by atoms with Crippen LogP contribution in [0.3, 0.4) is 0 Å². The highest BCUT2D eigenvalue weighted by Crippen LogP contribution is 2.36. The number of nitrogens with zero attached hydrogens (tertiary/aromatic N) is 4. The second-order valence-corrected chi connectivity index (χ2v) is 11.4. The number of H-pyrrole nitrogens is 1. The summed E-state index contributed by atoms with van der Waals surface area (Å²) < 4.78 is 9.46. The molecule has 3 aromatic heterocycles. The summed E-state index contributed by atoms with van der Waals surface area (Å²) >= 11 is 0. The van der Waals surface area contributed by atoms with Crippen molar-refractivity contribution in [2.75, 3.05) is 26.8 Å². The zero-order chi connectivity index (χ0) is 29.1. The first-order chi connectivity index (χ1) is 20.5. The minimum absolute atomic E-state index is 0.201. The molecular weight excluding hydrogens is 526 g/mol. The van der Waals surface area contributed by atoms with E-state index in [0.29, 0.717) is 18.0 Å². The summed E-state index contributed by atoms with van der Waals surface area (Å²) in [6, 6.07) is 20.4. The van der Waals surface area contributed by atoms with E-state index in [1.165, 1.54) is 22.2 Å². The van der Waals surface area contributed by atoms with Crippen LogP contribution < -0.4 is 5.69 Å². The molecule has 6 rings (SSSR count). The molecule has 8 heteroatoms. The van der Waals surface area contributed by atoms with E-state index in [1.807, 2.05) is 36.4 Å². The van der Waals surface area contributed by atoms with Crippen molar-refractivity contribution in [2.45, 2.75) is 57.9 Å². The normalized spacial score (nSPS) is 15.6. The van der Waals surface area contributed by atoms with Crippen LogP contribution in [0.2, 0.25) is 0 Å². The molecule has 2 aromatic carbocycles. The largest absolute Gasteiger partial charge is 0.385 e. The van der Waals surface area contributed by atoms with Crippen molar-refractivity contribution in [3.05, 3.63) is 94.2 Å². The number of carbonyl (C=O) groups is 1. The topological polar surface area (TPSA) is 85.1 Å². The zero-order valence-corrected chi connectivity index (χ0v) is 24.5. The number of carbonyl (C=O) groups excluding carboxylic acids is 1.